The standard InChI is InChI=1S/C13H19Cl2NO2S/c1-10(2)6-7-16(3)19(17,18)13-8-11(9-14)4-5-12(13)15/h4-5,8,10H,6-7,9H2,1-3H3. The molecule has 0 unspecified atom stereocenters. The first-order valence-electron chi connectivity index (χ1n) is 6.09. The van der Waals surface area contributed by atoms with Crippen molar-refractivity contribution in [3.05, 3.63) is 28.8 Å². The van der Waals surface area contributed by atoms with E-state index in [-0.39, 0.29) is 15.8 Å². The van der Waals surface area contributed by atoms with Crippen molar-refractivity contribution in [1.29, 1.82) is 0 Å². The van der Waals surface area contributed by atoms with Crippen LogP contribution in [-0.4, -0.2) is 26.3 Å². The first-order chi connectivity index (χ1) is 8.78. The first kappa shape index (κ1) is 16.8. The summed E-state index contributed by atoms with van der Waals surface area (Å²) in [6.45, 7) is 4.59. The second kappa shape index (κ2) is 6.93. The quantitative estimate of drug-likeness (QED) is 0.748. The average Bonchev–Trinajstić information content (AvgIpc) is 2.36. The molecule has 1 aromatic carbocycles. The van der Waals surface area contributed by atoms with Crippen LogP contribution in [0.5, 0.6) is 0 Å². The number of halogens is 2. The van der Waals surface area contributed by atoms with Gasteiger partial charge < -0.3 is 0 Å². The van der Waals surface area contributed by atoms with Crippen LogP contribution < -0.4 is 0 Å². The van der Waals surface area contributed by atoms with Crippen molar-refractivity contribution in [3.8, 4) is 0 Å². The maximum atomic E-state index is 12.4. The molecule has 0 spiro atoms. The van der Waals surface area contributed by atoms with Gasteiger partial charge in [-0.15, -0.1) is 11.6 Å². The Hall–Kier alpha value is -0.290. The predicted octanol–water partition coefficient (Wildman–Crippen LogP) is 3.75. The van der Waals surface area contributed by atoms with Crippen LogP contribution in [0, 0.1) is 5.92 Å². The molecule has 0 saturated carbocycles. The van der Waals surface area contributed by atoms with Crippen LogP contribution in [-0.2, 0) is 15.9 Å². The number of hydrogen-bond donors (Lipinski definition) is 0. The Kier molecular flexibility index (Phi) is 6.12. The Balaban J connectivity index is 3.05. The fourth-order valence-electron chi connectivity index (χ4n) is 1.56. The minimum Gasteiger partial charge on any atom is -0.207 e. The third kappa shape index (κ3) is 4.35. The van der Waals surface area contributed by atoms with Gasteiger partial charge in [-0.1, -0.05) is 31.5 Å². The lowest BCUT2D eigenvalue weighted by atomic mass is 10.1. The van der Waals surface area contributed by atoms with Crippen LogP contribution in [0.25, 0.3) is 0 Å². The number of sulfonamides is 1. The van der Waals surface area contributed by atoms with Gasteiger partial charge in [0.1, 0.15) is 4.90 Å². The molecule has 0 fully saturated rings. The smallest absolute Gasteiger partial charge is 0.207 e. The summed E-state index contributed by atoms with van der Waals surface area (Å²) in [7, 11) is -1.98. The van der Waals surface area contributed by atoms with Crippen molar-refractivity contribution >= 4 is 33.2 Å². The molecular formula is C13H19Cl2NO2S. The van der Waals surface area contributed by atoms with E-state index >= 15 is 0 Å². The number of hydrogen-bond acceptors (Lipinski definition) is 2. The highest BCUT2D eigenvalue weighted by molar-refractivity contribution is 7.89. The molecule has 0 aromatic heterocycles. The summed E-state index contributed by atoms with van der Waals surface area (Å²) in [4.78, 5) is 0.124. The van der Waals surface area contributed by atoms with E-state index in [1.807, 2.05) is 0 Å². The monoisotopic (exact) mass is 323 g/mol. The molecule has 0 aliphatic carbocycles. The second-order valence-corrected chi connectivity index (χ2v) is 7.60. The molecule has 19 heavy (non-hydrogen) atoms. The molecule has 0 bridgehead atoms. The van der Waals surface area contributed by atoms with Gasteiger partial charge in [-0.25, -0.2) is 12.7 Å². The fourth-order valence-corrected chi connectivity index (χ4v) is 3.43. The van der Waals surface area contributed by atoms with E-state index in [0.29, 0.717) is 12.5 Å². The average molecular weight is 324 g/mol. The van der Waals surface area contributed by atoms with Crippen molar-refractivity contribution in [1.82, 2.24) is 4.31 Å². The maximum absolute atomic E-state index is 12.4. The van der Waals surface area contributed by atoms with E-state index in [4.69, 9.17) is 23.2 Å². The van der Waals surface area contributed by atoms with Crippen molar-refractivity contribution < 1.29 is 8.42 Å². The molecule has 0 aliphatic heterocycles. The van der Waals surface area contributed by atoms with Gasteiger partial charge in [0.05, 0.1) is 5.02 Å². The van der Waals surface area contributed by atoms with Gasteiger partial charge in [0.15, 0.2) is 0 Å². The molecule has 6 heteroatoms. The lowest BCUT2D eigenvalue weighted by molar-refractivity contribution is 0.428. The molecular weight excluding hydrogens is 305 g/mol. The summed E-state index contributed by atoms with van der Waals surface area (Å²) in [5, 5.41) is 0.227. The number of alkyl halides is 1. The van der Waals surface area contributed by atoms with Gasteiger partial charge >= 0.3 is 0 Å². The van der Waals surface area contributed by atoms with Crippen molar-refractivity contribution in [2.24, 2.45) is 5.92 Å². The summed E-state index contributed by atoms with van der Waals surface area (Å²) >= 11 is 11.7. The van der Waals surface area contributed by atoms with E-state index in [2.05, 4.69) is 13.8 Å². The summed E-state index contributed by atoms with van der Waals surface area (Å²) in [6.07, 6.45) is 0.808. The molecule has 0 radical (unpaired) electrons. The second-order valence-electron chi connectivity index (χ2n) is 4.91. The molecule has 0 saturated heterocycles. The Morgan fingerprint density at radius 3 is 2.47 bits per heavy atom. The molecule has 0 aliphatic rings. The van der Waals surface area contributed by atoms with E-state index in [1.165, 1.54) is 10.4 Å². The Morgan fingerprint density at radius 1 is 1.32 bits per heavy atom. The van der Waals surface area contributed by atoms with E-state index < -0.39 is 10.0 Å². The summed E-state index contributed by atoms with van der Waals surface area (Å²) in [5.74, 6) is 0.706. The number of nitrogens with zero attached hydrogens (tertiary/aromatic N) is 1. The molecule has 1 aromatic rings. The molecule has 3 nitrogen and oxygen atoms in total. The zero-order valence-corrected chi connectivity index (χ0v) is 13.7. The SMILES string of the molecule is CC(C)CCN(C)S(=O)(=O)c1cc(CCl)ccc1Cl. The fraction of sp³-hybridized carbons (Fsp3) is 0.538. The van der Waals surface area contributed by atoms with Crippen molar-refractivity contribution in [2.75, 3.05) is 13.6 Å². The topological polar surface area (TPSA) is 37.4 Å². The van der Waals surface area contributed by atoms with Gasteiger partial charge in [-0.05, 0) is 30.0 Å². The highest BCUT2D eigenvalue weighted by Crippen LogP contribution is 2.26. The van der Waals surface area contributed by atoms with Crippen molar-refractivity contribution in [2.45, 2.75) is 31.0 Å². The summed E-state index contributed by atoms with van der Waals surface area (Å²) < 4.78 is 26.2. The summed E-state index contributed by atoms with van der Waals surface area (Å²) in [5.41, 5.74) is 0.738. The lowest BCUT2D eigenvalue weighted by Gasteiger charge is -2.19. The maximum Gasteiger partial charge on any atom is 0.244 e. The molecule has 0 amide bonds. The minimum atomic E-state index is -3.56. The zero-order valence-electron chi connectivity index (χ0n) is 11.4. The van der Waals surface area contributed by atoms with Crippen LogP contribution in [0.3, 0.4) is 0 Å². The molecule has 0 heterocycles. The van der Waals surface area contributed by atoms with E-state index in [0.717, 1.165) is 12.0 Å². The zero-order chi connectivity index (χ0) is 14.6. The molecule has 108 valence electrons. The van der Waals surface area contributed by atoms with E-state index in [9.17, 15) is 8.42 Å². The van der Waals surface area contributed by atoms with E-state index in [1.54, 1.807) is 19.2 Å². The number of rotatable bonds is 6. The van der Waals surface area contributed by atoms with Crippen LogP contribution >= 0.6 is 23.2 Å². The largest absolute Gasteiger partial charge is 0.244 e. The van der Waals surface area contributed by atoms with Gasteiger partial charge in [-0.3, -0.25) is 0 Å². The first-order valence-corrected chi connectivity index (χ1v) is 8.45. The number of benzene rings is 1. The Morgan fingerprint density at radius 2 is 1.95 bits per heavy atom. The van der Waals surface area contributed by atoms with Crippen LogP contribution in [0.1, 0.15) is 25.8 Å². The minimum absolute atomic E-state index is 0.124. The molecule has 0 atom stereocenters. The third-order valence-corrected chi connectivity index (χ3v) is 5.51. The molecule has 1 rings (SSSR count). The highest BCUT2D eigenvalue weighted by atomic mass is 35.5. The lowest BCUT2D eigenvalue weighted by Crippen LogP contribution is -2.29. The van der Waals surface area contributed by atoms with Crippen molar-refractivity contribution in [3.63, 3.8) is 0 Å². The highest BCUT2D eigenvalue weighted by Gasteiger charge is 2.23. The van der Waals surface area contributed by atoms with Gasteiger partial charge in [0.2, 0.25) is 10.0 Å². The predicted molar refractivity (Wildman–Crippen MR) is 80.3 cm³/mol. The third-order valence-electron chi connectivity index (χ3n) is 2.86. The van der Waals surface area contributed by atoms with Gasteiger partial charge in [0.25, 0.3) is 0 Å². The molecule has 0 N–H and O–H groups in total. The van der Waals surface area contributed by atoms with Crippen LogP contribution in [0.15, 0.2) is 23.1 Å². The summed E-state index contributed by atoms with van der Waals surface area (Å²) in [6, 6.07) is 4.83. The Bertz CT molecular complexity index is 529. The van der Waals surface area contributed by atoms with Gasteiger partial charge in [0, 0.05) is 19.5 Å². The van der Waals surface area contributed by atoms with Crippen LogP contribution in [0.4, 0.5) is 0 Å². The Labute approximate surface area is 125 Å². The van der Waals surface area contributed by atoms with Crippen LogP contribution in [0.2, 0.25) is 5.02 Å². The van der Waals surface area contributed by atoms with Gasteiger partial charge in [-0.2, -0.15) is 0 Å². The normalized spacial score (nSPS) is 12.4.